The molecule has 0 bridgehead atoms. The molecule has 2 N–H and O–H groups in total. The van der Waals surface area contributed by atoms with Crippen molar-refractivity contribution >= 4 is 17.7 Å². The number of carbonyl (C=O) groups is 3. The first-order chi connectivity index (χ1) is 12.4. The number of amides is 3. The Kier molecular flexibility index (Phi) is 7.18. The summed E-state index contributed by atoms with van der Waals surface area (Å²) in [6, 6.07) is 5.63. The van der Waals surface area contributed by atoms with Crippen LogP contribution in [0.5, 0.6) is 0 Å². The molecule has 0 atom stereocenters. The van der Waals surface area contributed by atoms with Gasteiger partial charge in [0.1, 0.15) is 0 Å². The van der Waals surface area contributed by atoms with Gasteiger partial charge in [-0.3, -0.25) is 14.4 Å². The molecule has 26 heavy (non-hydrogen) atoms. The quantitative estimate of drug-likeness (QED) is 0.813. The Morgan fingerprint density at radius 2 is 1.65 bits per heavy atom. The number of piperidine rings is 1. The molecule has 1 aromatic carbocycles. The normalized spacial score (nSPS) is 14.8. The highest BCUT2D eigenvalue weighted by Crippen LogP contribution is 2.17. The fourth-order valence-corrected chi connectivity index (χ4v) is 3.26. The van der Waals surface area contributed by atoms with Crippen molar-refractivity contribution in [3.8, 4) is 0 Å². The Hall–Kier alpha value is -2.37. The van der Waals surface area contributed by atoms with Crippen molar-refractivity contribution in [3.63, 3.8) is 0 Å². The zero-order valence-corrected chi connectivity index (χ0v) is 15.9. The first-order valence-corrected chi connectivity index (χ1v) is 9.32. The minimum atomic E-state index is -0.237. The topological polar surface area (TPSA) is 78.5 Å². The summed E-state index contributed by atoms with van der Waals surface area (Å²) in [5.41, 5.74) is 2.61. The zero-order valence-electron chi connectivity index (χ0n) is 15.9. The molecule has 1 fully saturated rings. The van der Waals surface area contributed by atoms with E-state index < -0.39 is 0 Å². The standard InChI is InChI=1S/C20H29N3O3/c1-4-7-21-19(25)16-5-8-23(9-6-16)18(24)13-22-20(26)17-11-14(2)10-15(3)12-17/h10-12,16H,4-9,13H2,1-3H3,(H,21,25)(H,22,26). The van der Waals surface area contributed by atoms with Crippen LogP contribution < -0.4 is 10.6 Å². The van der Waals surface area contributed by atoms with Crippen LogP contribution in [0.4, 0.5) is 0 Å². The first kappa shape index (κ1) is 19.9. The van der Waals surface area contributed by atoms with Crippen molar-refractivity contribution < 1.29 is 14.4 Å². The number of nitrogens with one attached hydrogen (secondary N) is 2. The van der Waals surface area contributed by atoms with Gasteiger partial charge in [0.15, 0.2) is 0 Å². The second-order valence-corrected chi connectivity index (χ2v) is 7.01. The smallest absolute Gasteiger partial charge is 0.251 e. The van der Waals surface area contributed by atoms with Crippen LogP contribution in [0.1, 0.15) is 47.7 Å². The summed E-state index contributed by atoms with van der Waals surface area (Å²) in [5, 5.41) is 5.62. The summed E-state index contributed by atoms with van der Waals surface area (Å²) in [4.78, 5) is 38.3. The maximum absolute atomic E-state index is 12.3. The molecule has 0 aliphatic carbocycles. The molecular weight excluding hydrogens is 330 g/mol. The molecule has 0 saturated carbocycles. The molecule has 1 aliphatic heterocycles. The van der Waals surface area contributed by atoms with E-state index >= 15 is 0 Å². The minimum Gasteiger partial charge on any atom is -0.356 e. The van der Waals surface area contributed by atoms with Crippen LogP contribution in [0.2, 0.25) is 0 Å². The van der Waals surface area contributed by atoms with Crippen molar-refractivity contribution in [1.29, 1.82) is 0 Å². The van der Waals surface area contributed by atoms with Crippen LogP contribution in [0.15, 0.2) is 18.2 Å². The lowest BCUT2D eigenvalue weighted by molar-refractivity contribution is -0.134. The van der Waals surface area contributed by atoms with E-state index in [-0.39, 0.29) is 30.2 Å². The van der Waals surface area contributed by atoms with Gasteiger partial charge in [-0.1, -0.05) is 24.1 Å². The second-order valence-electron chi connectivity index (χ2n) is 7.01. The van der Waals surface area contributed by atoms with Crippen molar-refractivity contribution in [2.75, 3.05) is 26.2 Å². The molecule has 6 nitrogen and oxygen atoms in total. The average molecular weight is 359 g/mol. The Morgan fingerprint density at radius 3 is 2.23 bits per heavy atom. The van der Waals surface area contributed by atoms with Gasteiger partial charge in [-0.15, -0.1) is 0 Å². The summed E-state index contributed by atoms with van der Waals surface area (Å²) in [5.74, 6) is -0.272. The molecule has 0 spiro atoms. The summed E-state index contributed by atoms with van der Waals surface area (Å²) < 4.78 is 0. The van der Waals surface area contributed by atoms with E-state index in [9.17, 15) is 14.4 Å². The molecule has 0 aromatic heterocycles. The van der Waals surface area contributed by atoms with Crippen LogP contribution in [0, 0.1) is 19.8 Å². The van der Waals surface area contributed by atoms with E-state index in [2.05, 4.69) is 10.6 Å². The van der Waals surface area contributed by atoms with Crippen LogP contribution in [0.25, 0.3) is 0 Å². The molecule has 1 aromatic rings. The Morgan fingerprint density at radius 1 is 1.04 bits per heavy atom. The lowest BCUT2D eigenvalue weighted by Gasteiger charge is -2.31. The van der Waals surface area contributed by atoms with E-state index in [0.717, 1.165) is 17.5 Å². The van der Waals surface area contributed by atoms with Gasteiger partial charge >= 0.3 is 0 Å². The van der Waals surface area contributed by atoms with Crippen LogP contribution in [-0.4, -0.2) is 48.8 Å². The number of benzene rings is 1. The number of aryl methyl sites for hydroxylation is 2. The molecule has 3 amide bonds. The number of nitrogens with zero attached hydrogens (tertiary/aromatic N) is 1. The number of hydrogen-bond donors (Lipinski definition) is 2. The SMILES string of the molecule is CCCNC(=O)C1CCN(C(=O)CNC(=O)c2cc(C)cc(C)c2)CC1. The van der Waals surface area contributed by atoms with E-state index in [4.69, 9.17) is 0 Å². The predicted octanol–water partition coefficient (Wildman–Crippen LogP) is 1.80. The number of likely N-dealkylation sites (tertiary alicyclic amines) is 1. The van der Waals surface area contributed by atoms with E-state index in [1.165, 1.54) is 0 Å². The van der Waals surface area contributed by atoms with Gasteiger partial charge in [0, 0.05) is 31.1 Å². The molecule has 142 valence electrons. The van der Waals surface area contributed by atoms with Crippen molar-refractivity contribution in [2.45, 2.75) is 40.0 Å². The minimum absolute atomic E-state index is 0.0154. The Bertz CT molecular complexity index is 644. The zero-order chi connectivity index (χ0) is 19.1. The van der Waals surface area contributed by atoms with Crippen molar-refractivity contribution in [3.05, 3.63) is 34.9 Å². The van der Waals surface area contributed by atoms with Crippen LogP contribution in [-0.2, 0) is 9.59 Å². The highest BCUT2D eigenvalue weighted by molar-refractivity contribution is 5.96. The monoisotopic (exact) mass is 359 g/mol. The highest BCUT2D eigenvalue weighted by Gasteiger charge is 2.27. The third kappa shape index (κ3) is 5.58. The van der Waals surface area contributed by atoms with Gasteiger partial charge in [0.25, 0.3) is 5.91 Å². The molecule has 0 radical (unpaired) electrons. The Labute approximate surface area is 155 Å². The van der Waals surface area contributed by atoms with E-state index in [1.807, 2.05) is 39.0 Å². The molecule has 0 unspecified atom stereocenters. The molecule has 1 saturated heterocycles. The first-order valence-electron chi connectivity index (χ1n) is 9.32. The van der Waals surface area contributed by atoms with Crippen LogP contribution in [0.3, 0.4) is 0 Å². The second kappa shape index (κ2) is 9.36. The predicted molar refractivity (Wildman–Crippen MR) is 101 cm³/mol. The van der Waals surface area contributed by atoms with Gasteiger partial charge in [0.05, 0.1) is 6.54 Å². The molecule has 1 aliphatic rings. The number of rotatable bonds is 6. The van der Waals surface area contributed by atoms with Gasteiger partial charge in [-0.05, 0) is 45.2 Å². The van der Waals surface area contributed by atoms with Crippen LogP contribution >= 0.6 is 0 Å². The van der Waals surface area contributed by atoms with Gasteiger partial charge in [0.2, 0.25) is 11.8 Å². The molecule has 6 heteroatoms. The molecular formula is C20H29N3O3. The maximum atomic E-state index is 12.3. The lowest BCUT2D eigenvalue weighted by atomic mass is 9.96. The van der Waals surface area contributed by atoms with E-state index in [0.29, 0.717) is 38.0 Å². The number of carbonyl (C=O) groups excluding carboxylic acids is 3. The molecule has 1 heterocycles. The highest BCUT2D eigenvalue weighted by atomic mass is 16.2. The van der Waals surface area contributed by atoms with Gasteiger partial charge < -0.3 is 15.5 Å². The van der Waals surface area contributed by atoms with Crippen molar-refractivity contribution in [1.82, 2.24) is 15.5 Å². The average Bonchev–Trinajstić information content (AvgIpc) is 2.63. The third-order valence-electron chi connectivity index (χ3n) is 4.65. The summed E-state index contributed by atoms with van der Waals surface area (Å²) in [7, 11) is 0. The largest absolute Gasteiger partial charge is 0.356 e. The summed E-state index contributed by atoms with van der Waals surface area (Å²) >= 11 is 0. The summed E-state index contributed by atoms with van der Waals surface area (Å²) in [6.07, 6.45) is 2.27. The maximum Gasteiger partial charge on any atom is 0.251 e. The van der Waals surface area contributed by atoms with Gasteiger partial charge in [-0.2, -0.15) is 0 Å². The van der Waals surface area contributed by atoms with Gasteiger partial charge in [-0.25, -0.2) is 0 Å². The number of hydrogen-bond acceptors (Lipinski definition) is 3. The lowest BCUT2D eigenvalue weighted by Crippen LogP contribution is -2.46. The molecule has 2 rings (SSSR count). The third-order valence-corrected chi connectivity index (χ3v) is 4.65. The Balaban J connectivity index is 1.78. The summed E-state index contributed by atoms with van der Waals surface area (Å²) in [6.45, 7) is 7.70. The van der Waals surface area contributed by atoms with E-state index in [1.54, 1.807) is 4.90 Å². The fraction of sp³-hybridized carbons (Fsp3) is 0.550. The van der Waals surface area contributed by atoms with Crippen molar-refractivity contribution in [2.24, 2.45) is 5.92 Å². The fourth-order valence-electron chi connectivity index (χ4n) is 3.26.